The molecule has 1 aliphatic rings. The van der Waals surface area contributed by atoms with E-state index in [2.05, 4.69) is 21.2 Å². The fourth-order valence-corrected chi connectivity index (χ4v) is 2.22. The van der Waals surface area contributed by atoms with E-state index >= 15 is 0 Å². The van der Waals surface area contributed by atoms with Gasteiger partial charge in [0.1, 0.15) is 5.82 Å². The maximum Gasteiger partial charge on any atom is 0.321 e. The lowest BCUT2D eigenvalue weighted by atomic mass is 10.1. The van der Waals surface area contributed by atoms with Crippen LogP contribution in [0.25, 0.3) is 0 Å². The maximum atomic E-state index is 13.3. The van der Waals surface area contributed by atoms with Crippen LogP contribution in [0, 0.1) is 5.82 Å². The molecule has 3 N–H and O–H groups in total. The van der Waals surface area contributed by atoms with Crippen molar-refractivity contribution in [3.05, 3.63) is 28.5 Å². The lowest BCUT2D eigenvalue weighted by Gasteiger charge is -2.30. The van der Waals surface area contributed by atoms with Crippen LogP contribution in [0.4, 0.5) is 14.9 Å². The Labute approximate surface area is 113 Å². The molecule has 2 amide bonds. The third-order valence-corrected chi connectivity index (χ3v) is 3.56. The number of urea groups is 1. The van der Waals surface area contributed by atoms with Crippen LogP contribution in [0.2, 0.25) is 0 Å². The zero-order valence-corrected chi connectivity index (χ0v) is 11.4. The van der Waals surface area contributed by atoms with Gasteiger partial charge in [0.25, 0.3) is 0 Å². The van der Waals surface area contributed by atoms with Crippen molar-refractivity contribution in [1.82, 2.24) is 4.90 Å². The average molecular weight is 316 g/mol. The summed E-state index contributed by atoms with van der Waals surface area (Å²) < 4.78 is 13.7. The molecule has 1 aromatic carbocycles. The van der Waals surface area contributed by atoms with Crippen LogP contribution in [-0.2, 0) is 0 Å². The molecule has 1 saturated heterocycles. The second kappa shape index (κ2) is 5.67. The minimum absolute atomic E-state index is 0.0335. The number of anilines is 1. The molecule has 0 unspecified atom stereocenters. The number of benzene rings is 1. The Balaban J connectivity index is 2.00. The largest absolute Gasteiger partial charge is 0.326 e. The number of halogens is 2. The molecule has 1 heterocycles. The minimum Gasteiger partial charge on any atom is -0.326 e. The van der Waals surface area contributed by atoms with Crippen molar-refractivity contribution in [3.63, 3.8) is 0 Å². The molecule has 4 nitrogen and oxygen atoms in total. The van der Waals surface area contributed by atoms with E-state index in [0.717, 1.165) is 12.8 Å². The van der Waals surface area contributed by atoms with Gasteiger partial charge in [0.15, 0.2) is 0 Å². The van der Waals surface area contributed by atoms with Gasteiger partial charge in [0, 0.05) is 24.8 Å². The number of nitrogens with zero attached hydrogens (tertiary/aromatic N) is 1. The summed E-state index contributed by atoms with van der Waals surface area (Å²) in [6.07, 6.45) is 1.85. The summed E-state index contributed by atoms with van der Waals surface area (Å²) in [6, 6.07) is 4.30. The summed E-state index contributed by atoms with van der Waals surface area (Å²) >= 11 is 3.07. The number of carbonyl (C=O) groups is 1. The highest BCUT2D eigenvalue weighted by Crippen LogP contribution is 2.20. The minimum atomic E-state index is -0.400. The monoisotopic (exact) mass is 315 g/mol. The first-order valence-corrected chi connectivity index (χ1v) is 6.62. The Morgan fingerprint density at radius 2 is 2.33 bits per heavy atom. The number of likely N-dealkylation sites (tertiary alicyclic amines) is 1. The number of nitrogens with one attached hydrogen (secondary N) is 1. The molecular formula is C12H15BrFN3O. The fourth-order valence-electron chi connectivity index (χ4n) is 1.97. The normalized spacial score (nSPS) is 19.7. The molecule has 0 radical (unpaired) electrons. The van der Waals surface area contributed by atoms with Gasteiger partial charge in [0.2, 0.25) is 0 Å². The lowest BCUT2D eigenvalue weighted by molar-refractivity contribution is 0.193. The van der Waals surface area contributed by atoms with Gasteiger partial charge in [0.05, 0.1) is 4.47 Å². The van der Waals surface area contributed by atoms with Crippen LogP contribution < -0.4 is 11.1 Å². The van der Waals surface area contributed by atoms with Gasteiger partial charge in [-0.2, -0.15) is 0 Å². The van der Waals surface area contributed by atoms with Crippen LogP contribution in [0.5, 0.6) is 0 Å². The molecule has 0 aliphatic carbocycles. The van der Waals surface area contributed by atoms with E-state index < -0.39 is 5.82 Å². The molecule has 0 spiro atoms. The number of rotatable bonds is 1. The lowest BCUT2D eigenvalue weighted by Crippen LogP contribution is -2.47. The zero-order valence-electron chi connectivity index (χ0n) is 9.83. The Morgan fingerprint density at radius 3 is 3.00 bits per heavy atom. The number of hydrogen-bond donors (Lipinski definition) is 2. The van der Waals surface area contributed by atoms with Crippen molar-refractivity contribution in [2.45, 2.75) is 18.9 Å². The zero-order chi connectivity index (χ0) is 13.1. The molecule has 0 bridgehead atoms. The van der Waals surface area contributed by atoms with Crippen molar-refractivity contribution < 1.29 is 9.18 Å². The van der Waals surface area contributed by atoms with E-state index in [1.165, 1.54) is 6.07 Å². The average Bonchev–Trinajstić information content (AvgIpc) is 2.34. The summed E-state index contributed by atoms with van der Waals surface area (Å²) in [7, 11) is 0. The Morgan fingerprint density at radius 1 is 1.56 bits per heavy atom. The smallest absolute Gasteiger partial charge is 0.321 e. The van der Waals surface area contributed by atoms with Crippen molar-refractivity contribution in [2.75, 3.05) is 18.4 Å². The van der Waals surface area contributed by atoms with Crippen LogP contribution in [-0.4, -0.2) is 30.1 Å². The van der Waals surface area contributed by atoms with Crippen molar-refractivity contribution >= 4 is 27.6 Å². The van der Waals surface area contributed by atoms with Gasteiger partial charge in [-0.15, -0.1) is 0 Å². The summed E-state index contributed by atoms with van der Waals surface area (Å²) in [6.45, 7) is 1.24. The highest BCUT2D eigenvalue weighted by Gasteiger charge is 2.21. The molecule has 0 aromatic heterocycles. The molecule has 1 atom stereocenters. The van der Waals surface area contributed by atoms with Gasteiger partial charge < -0.3 is 16.0 Å². The first-order valence-electron chi connectivity index (χ1n) is 5.83. The second-order valence-electron chi connectivity index (χ2n) is 4.41. The number of nitrogens with two attached hydrogens (primary N) is 1. The molecule has 98 valence electrons. The van der Waals surface area contributed by atoms with Gasteiger partial charge in [-0.1, -0.05) is 0 Å². The number of hydrogen-bond acceptors (Lipinski definition) is 2. The molecule has 1 aliphatic heterocycles. The first-order chi connectivity index (χ1) is 8.56. The van der Waals surface area contributed by atoms with Crippen LogP contribution in [0.15, 0.2) is 22.7 Å². The number of piperidine rings is 1. The fraction of sp³-hybridized carbons (Fsp3) is 0.417. The van der Waals surface area contributed by atoms with Crippen LogP contribution in [0.3, 0.4) is 0 Å². The van der Waals surface area contributed by atoms with Crippen molar-refractivity contribution in [2.24, 2.45) is 5.73 Å². The van der Waals surface area contributed by atoms with Gasteiger partial charge in [-0.3, -0.25) is 0 Å². The standard InChI is InChI=1S/C12H15BrFN3O/c13-10-4-3-9(6-11(10)14)16-12(18)17-5-1-2-8(15)7-17/h3-4,6,8H,1-2,5,7,15H2,(H,16,18)/t8-/m0/s1. The molecular weight excluding hydrogens is 301 g/mol. The quantitative estimate of drug-likeness (QED) is 0.836. The van der Waals surface area contributed by atoms with E-state index in [0.29, 0.717) is 23.2 Å². The maximum absolute atomic E-state index is 13.3. The van der Waals surface area contributed by atoms with Crippen molar-refractivity contribution in [3.8, 4) is 0 Å². The van der Waals surface area contributed by atoms with E-state index in [-0.39, 0.29) is 12.1 Å². The summed E-state index contributed by atoms with van der Waals surface area (Å²) in [4.78, 5) is 13.6. The second-order valence-corrected chi connectivity index (χ2v) is 5.26. The molecule has 18 heavy (non-hydrogen) atoms. The highest BCUT2D eigenvalue weighted by molar-refractivity contribution is 9.10. The molecule has 6 heteroatoms. The summed E-state index contributed by atoms with van der Waals surface area (Å²) in [5.41, 5.74) is 6.26. The van der Waals surface area contributed by atoms with E-state index in [9.17, 15) is 9.18 Å². The summed E-state index contributed by atoms with van der Waals surface area (Å²) in [5, 5.41) is 2.67. The summed E-state index contributed by atoms with van der Waals surface area (Å²) in [5.74, 6) is -0.400. The van der Waals surface area contributed by atoms with Crippen LogP contribution in [0.1, 0.15) is 12.8 Å². The molecule has 0 saturated carbocycles. The Bertz CT molecular complexity index is 455. The van der Waals surface area contributed by atoms with E-state index in [1.807, 2.05) is 0 Å². The Hall–Kier alpha value is -1.14. The Kier molecular flexibility index (Phi) is 4.19. The number of carbonyl (C=O) groups excluding carboxylic acids is 1. The van der Waals surface area contributed by atoms with E-state index in [1.54, 1.807) is 17.0 Å². The number of amides is 2. The predicted octanol–water partition coefficient (Wildman–Crippen LogP) is 2.54. The SMILES string of the molecule is N[C@H]1CCCN(C(=O)Nc2ccc(Br)c(F)c2)C1. The first kappa shape index (κ1) is 13.3. The third kappa shape index (κ3) is 3.20. The van der Waals surface area contributed by atoms with Gasteiger partial charge >= 0.3 is 6.03 Å². The predicted molar refractivity (Wildman–Crippen MR) is 71.9 cm³/mol. The topological polar surface area (TPSA) is 58.4 Å². The third-order valence-electron chi connectivity index (χ3n) is 2.92. The van der Waals surface area contributed by atoms with E-state index in [4.69, 9.17) is 5.73 Å². The van der Waals surface area contributed by atoms with Gasteiger partial charge in [-0.05, 0) is 47.0 Å². The highest BCUT2D eigenvalue weighted by atomic mass is 79.9. The van der Waals surface area contributed by atoms with Crippen molar-refractivity contribution in [1.29, 1.82) is 0 Å². The molecule has 2 rings (SSSR count). The van der Waals surface area contributed by atoms with Crippen LogP contribution >= 0.6 is 15.9 Å². The van der Waals surface area contributed by atoms with Gasteiger partial charge in [-0.25, -0.2) is 9.18 Å². The molecule has 1 aromatic rings. The molecule has 1 fully saturated rings.